The molecule has 0 saturated heterocycles. The van der Waals surface area contributed by atoms with E-state index in [9.17, 15) is 13.5 Å². The van der Waals surface area contributed by atoms with Gasteiger partial charge in [-0.1, -0.05) is 40.9 Å². The van der Waals surface area contributed by atoms with Crippen molar-refractivity contribution in [3.63, 3.8) is 0 Å². The van der Waals surface area contributed by atoms with Crippen molar-refractivity contribution >= 4 is 49.7 Å². The predicted molar refractivity (Wildman–Crippen MR) is 111 cm³/mol. The fourth-order valence-electron chi connectivity index (χ4n) is 2.62. The van der Waals surface area contributed by atoms with Gasteiger partial charge in [-0.3, -0.25) is 0 Å². The van der Waals surface area contributed by atoms with Crippen molar-refractivity contribution in [2.75, 3.05) is 4.72 Å². The third-order valence-electron chi connectivity index (χ3n) is 4.04. The first-order chi connectivity index (χ1) is 14.2. The number of benzene rings is 2. The molecule has 0 spiro atoms. The maximum Gasteiger partial charge on any atom is 0.373 e. The van der Waals surface area contributed by atoms with Crippen molar-refractivity contribution in [2.45, 2.75) is 11.9 Å². The van der Waals surface area contributed by atoms with E-state index in [0.29, 0.717) is 27.0 Å². The monoisotopic (exact) mass is 482 g/mol. The average molecular weight is 483 g/mol. The molecule has 0 aliphatic carbocycles. The molecule has 2 heterocycles. The van der Waals surface area contributed by atoms with Crippen molar-refractivity contribution < 1.29 is 22.7 Å². The molecule has 8 nitrogen and oxygen atoms in total. The van der Waals surface area contributed by atoms with Crippen LogP contribution in [0.1, 0.15) is 5.56 Å². The number of aromatic nitrogens is 3. The van der Waals surface area contributed by atoms with Crippen LogP contribution in [0.4, 0.5) is 5.13 Å². The van der Waals surface area contributed by atoms with Crippen LogP contribution in [0.5, 0.6) is 5.95 Å². The molecule has 4 aromatic rings. The van der Waals surface area contributed by atoms with E-state index in [1.54, 1.807) is 47.8 Å². The van der Waals surface area contributed by atoms with E-state index in [-0.39, 0.29) is 5.13 Å². The minimum atomic E-state index is -4.34. The molecular weight excluding hydrogens is 471 g/mol. The quantitative estimate of drug-likeness (QED) is 0.435. The number of nitrogens with one attached hydrogen (secondary N) is 1. The number of aryl methyl sites for hydroxylation is 1. The van der Waals surface area contributed by atoms with Gasteiger partial charge in [0.15, 0.2) is 11.1 Å². The topological polar surface area (TPSA) is 112 Å². The number of rotatable bonds is 5. The molecule has 0 bridgehead atoms. The fourth-order valence-corrected chi connectivity index (χ4v) is 5.20. The van der Waals surface area contributed by atoms with Gasteiger partial charge in [0.05, 0.1) is 16.0 Å². The van der Waals surface area contributed by atoms with Gasteiger partial charge in [-0.05, 0) is 29.8 Å². The lowest BCUT2D eigenvalue weighted by atomic mass is 10.2. The molecule has 2 aromatic heterocycles. The molecule has 0 radical (unpaired) electrons. The second kappa shape index (κ2) is 7.88. The van der Waals surface area contributed by atoms with E-state index >= 15 is 0 Å². The van der Waals surface area contributed by atoms with Crippen LogP contribution in [0.2, 0.25) is 10.0 Å². The van der Waals surface area contributed by atoms with Crippen molar-refractivity contribution in [2.24, 2.45) is 0 Å². The van der Waals surface area contributed by atoms with Crippen molar-refractivity contribution in [3.8, 4) is 22.9 Å². The van der Waals surface area contributed by atoms with Crippen LogP contribution in [-0.4, -0.2) is 18.7 Å². The predicted octanol–water partition coefficient (Wildman–Crippen LogP) is 3.56. The van der Waals surface area contributed by atoms with E-state index in [0.717, 1.165) is 21.6 Å². The zero-order valence-electron chi connectivity index (χ0n) is 15.2. The standard InChI is InChI=1S/C18H12Cl2N4O4S2/c1-10-2-5-12(6-3-10)24-16(17(25)28-23-24)30(26,27)22-18-21-15(9-29-18)13-7-4-11(19)8-14(13)20/h2-9H,1H3,(H-,21,22,23,25). The molecule has 0 aliphatic heterocycles. The highest BCUT2D eigenvalue weighted by Crippen LogP contribution is 2.33. The van der Waals surface area contributed by atoms with E-state index in [1.165, 1.54) is 0 Å². The maximum absolute atomic E-state index is 12.9. The summed E-state index contributed by atoms with van der Waals surface area (Å²) in [5.74, 6) is -1.10. The van der Waals surface area contributed by atoms with E-state index in [4.69, 9.17) is 23.2 Å². The van der Waals surface area contributed by atoms with Crippen LogP contribution in [0.25, 0.3) is 16.9 Å². The van der Waals surface area contributed by atoms with Crippen molar-refractivity contribution in [3.05, 3.63) is 63.5 Å². The smallest absolute Gasteiger partial charge is 0.373 e. The number of thiazole rings is 1. The summed E-state index contributed by atoms with van der Waals surface area (Å²) >= 11 is 13.1. The molecule has 0 fully saturated rings. The first-order valence-electron chi connectivity index (χ1n) is 8.34. The number of nitrogens with zero attached hydrogens (tertiary/aromatic N) is 3. The minimum absolute atomic E-state index is 0.0482. The molecule has 0 aliphatic rings. The lowest BCUT2D eigenvalue weighted by Gasteiger charge is -2.03. The van der Waals surface area contributed by atoms with Gasteiger partial charge in [0, 0.05) is 28.1 Å². The Labute approximate surface area is 185 Å². The summed E-state index contributed by atoms with van der Waals surface area (Å²) in [7, 11) is -4.34. The third-order valence-corrected chi connectivity index (χ3v) is 6.78. The van der Waals surface area contributed by atoms with Gasteiger partial charge >= 0.3 is 15.0 Å². The van der Waals surface area contributed by atoms with Crippen LogP contribution in [0.15, 0.2) is 57.4 Å². The van der Waals surface area contributed by atoms with Gasteiger partial charge in [0.25, 0.3) is 0 Å². The summed E-state index contributed by atoms with van der Waals surface area (Å²) in [6, 6.07) is 11.7. The van der Waals surface area contributed by atoms with Crippen molar-refractivity contribution in [1.82, 2.24) is 10.3 Å². The molecular formula is C18H12Cl2N4O4S2. The van der Waals surface area contributed by atoms with Gasteiger partial charge in [-0.2, -0.15) is 8.42 Å². The fraction of sp³-hybridized carbons (Fsp3) is 0.0556. The van der Waals surface area contributed by atoms with Crippen molar-refractivity contribution in [1.29, 1.82) is 0 Å². The highest BCUT2D eigenvalue weighted by Gasteiger charge is 2.34. The van der Waals surface area contributed by atoms with Crippen LogP contribution in [0, 0.1) is 6.92 Å². The van der Waals surface area contributed by atoms with Gasteiger partial charge in [0.2, 0.25) is 5.69 Å². The van der Waals surface area contributed by atoms with E-state index < -0.39 is 21.0 Å². The van der Waals surface area contributed by atoms with Gasteiger partial charge in [-0.15, -0.1) is 11.3 Å². The summed E-state index contributed by atoms with van der Waals surface area (Å²) in [6.07, 6.45) is 0. The first-order valence-corrected chi connectivity index (χ1v) is 11.5. The first kappa shape index (κ1) is 20.6. The maximum atomic E-state index is 12.9. The average Bonchev–Trinajstić information content (AvgIpc) is 3.29. The second-order valence-corrected chi connectivity index (χ2v) is 9.48. The normalized spacial score (nSPS) is 11.6. The highest BCUT2D eigenvalue weighted by molar-refractivity contribution is 7.92. The summed E-state index contributed by atoms with van der Waals surface area (Å²) in [6.45, 7) is 1.88. The SMILES string of the molecule is Cc1ccc(-[n+]2noc([O-])c2S(=O)(=O)Nc2nc(-c3ccc(Cl)cc3Cl)cs2)cc1. The number of anilines is 1. The highest BCUT2D eigenvalue weighted by atomic mass is 35.5. The molecule has 0 atom stereocenters. The zero-order chi connectivity index (χ0) is 21.5. The molecule has 0 unspecified atom stereocenters. The summed E-state index contributed by atoms with van der Waals surface area (Å²) in [5.41, 5.74) is 2.37. The Bertz CT molecular complexity index is 1330. The molecule has 2 aromatic carbocycles. The van der Waals surface area contributed by atoms with Gasteiger partial charge < -0.3 is 9.63 Å². The zero-order valence-corrected chi connectivity index (χ0v) is 18.3. The minimum Gasteiger partial charge on any atom is -0.538 e. The molecule has 0 amide bonds. The Morgan fingerprint density at radius 2 is 1.90 bits per heavy atom. The van der Waals surface area contributed by atoms with E-state index in [2.05, 4.69) is 19.5 Å². The van der Waals surface area contributed by atoms with Crippen LogP contribution < -0.4 is 14.5 Å². The van der Waals surface area contributed by atoms with Crippen LogP contribution in [-0.2, 0) is 10.0 Å². The molecule has 12 heteroatoms. The molecule has 4 rings (SSSR count). The molecule has 154 valence electrons. The summed E-state index contributed by atoms with van der Waals surface area (Å²) in [4.78, 5) is 4.25. The lowest BCUT2D eigenvalue weighted by molar-refractivity contribution is -0.706. The largest absolute Gasteiger partial charge is 0.538 e. The number of sulfonamides is 1. The van der Waals surface area contributed by atoms with Crippen LogP contribution in [0.3, 0.4) is 0 Å². The Morgan fingerprint density at radius 1 is 1.17 bits per heavy atom. The third kappa shape index (κ3) is 3.99. The number of hydrogen-bond acceptors (Lipinski definition) is 7. The van der Waals surface area contributed by atoms with Gasteiger partial charge in [-0.25, -0.2) is 9.71 Å². The summed E-state index contributed by atoms with van der Waals surface area (Å²) in [5, 5.41) is 17.5. The molecule has 0 saturated carbocycles. The lowest BCUT2D eigenvalue weighted by Crippen LogP contribution is -2.40. The van der Waals surface area contributed by atoms with E-state index in [1.807, 2.05) is 6.92 Å². The second-order valence-electron chi connectivity index (χ2n) is 6.18. The van der Waals surface area contributed by atoms with Gasteiger partial charge in [0.1, 0.15) is 0 Å². The van der Waals surface area contributed by atoms with Crippen LogP contribution >= 0.6 is 34.5 Å². The Hall–Kier alpha value is -2.66. The number of halogens is 2. The molecule has 30 heavy (non-hydrogen) atoms. The Morgan fingerprint density at radius 3 is 2.60 bits per heavy atom. The summed E-state index contributed by atoms with van der Waals surface area (Å²) < 4.78 is 33.6. The number of hydrogen-bond donors (Lipinski definition) is 1. The Balaban J connectivity index is 1.67. The molecule has 1 N–H and O–H groups in total. The Kier molecular flexibility index (Phi) is 5.41.